The lowest BCUT2D eigenvalue weighted by Gasteiger charge is -2.39. The van der Waals surface area contributed by atoms with Crippen molar-refractivity contribution in [3.05, 3.63) is 143 Å². The first-order valence-electron chi connectivity index (χ1n) is 11.1. The van der Waals surface area contributed by atoms with Gasteiger partial charge in [-0.05, 0) is 51.6 Å². The van der Waals surface area contributed by atoms with Gasteiger partial charge in [0.25, 0.3) is 0 Å². The van der Waals surface area contributed by atoms with Crippen LogP contribution in [0.3, 0.4) is 0 Å². The van der Waals surface area contributed by atoms with E-state index in [2.05, 4.69) is 91.0 Å². The van der Waals surface area contributed by atoms with Crippen LogP contribution in [0.25, 0.3) is 22.3 Å². The van der Waals surface area contributed by atoms with Crippen LogP contribution < -0.4 is 4.74 Å². The monoisotopic (exact) mass is 442 g/mol. The maximum Gasteiger partial charge on any atom is 0.150 e. The number of para-hydroxylation sites is 2. The molecule has 5 aromatic carbocycles. The van der Waals surface area contributed by atoms with Crippen LogP contribution in [0.2, 0.25) is 5.02 Å². The molecule has 0 radical (unpaired) electrons. The van der Waals surface area contributed by atoms with Crippen LogP contribution in [-0.4, -0.2) is 0 Å². The molecule has 5 aromatic rings. The first kappa shape index (κ1) is 18.7. The topological polar surface area (TPSA) is 9.23 Å². The molecule has 0 saturated heterocycles. The van der Waals surface area contributed by atoms with Gasteiger partial charge in [0, 0.05) is 11.1 Å². The Balaban J connectivity index is 1.62. The summed E-state index contributed by atoms with van der Waals surface area (Å²) in [5.74, 6) is 1.60. The second kappa shape index (κ2) is 6.84. The summed E-state index contributed by atoms with van der Waals surface area (Å²) in [5.41, 5.74) is 9.25. The molecule has 0 bridgehead atoms. The standard InChI is InChI=1S/C31H19ClO/c32-28-15-8-14-27-30(28)33-29-16-7-6-13-26(29)31(27)24-12-5-4-11-22(24)23-19-21(17-18-25(23)31)20-9-2-1-3-10-20/h1-19H. The summed E-state index contributed by atoms with van der Waals surface area (Å²) >= 11 is 6.70. The fraction of sp³-hybridized carbons (Fsp3) is 0.0323. The summed E-state index contributed by atoms with van der Waals surface area (Å²) in [5, 5.41) is 0.633. The highest BCUT2D eigenvalue weighted by molar-refractivity contribution is 6.32. The molecule has 1 atom stereocenters. The number of benzene rings is 5. The molecule has 2 heteroatoms. The fourth-order valence-electron chi connectivity index (χ4n) is 5.70. The number of hydrogen-bond donors (Lipinski definition) is 0. The van der Waals surface area contributed by atoms with Crippen molar-refractivity contribution >= 4 is 11.6 Å². The van der Waals surface area contributed by atoms with Crippen LogP contribution in [0, 0.1) is 0 Å². The third-order valence-corrected chi connectivity index (χ3v) is 7.32. The van der Waals surface area contributed by atoms with Gasteiger partial charge in [-0.2, -0.15) is 0 Å². The second-order valence-electron chi connectivity index (χ2n) is 8.64. The molecule has 1 aliphatic heterocycles. The quantitative estimate of drug-likeness (QED) is 0.247. The maximum absolute atomic E-state index is 6.70. The van der Waals surface area contributed by atoms with E-state index in [9.17, 15) is 0 Å². The molecule has 1 aliphatic carbocycles. The molecule has 33 heavy (non-hydrogen) atoms. The molecule has 1 heterocycles. The molecular formula is C31H19ClO. The third-order valence-electron chi connectivity index (χ3n) is 7.03. The minimum Gasteiger partial charge on any atom is -0.455 e. The molecule has 0 fully saturated rings. The van der Waals surface area contributed by atoms with E-state index >= 15 is 0 Å². The van der Waals surface area contributed by atoms with Gasteiger partial charge in [-0.1, -0.05) is 109 Å². The normalized spacial score (nSPS) is 17.0. The summed E-state index contributed by atoms with van der Waals surface area (Å²) in [7, 11) is 0. The van der Waals surface area contributed by atoms with E-state index in [1.807, 2.05) is 24.3 Å². The Morgan fingerprint density at radius 3 is 2.09 bits per heavy atom. The highest BCUT2D eigenvalue weighted by Crippen LogP contribution is 2.63. The second-order valence-corrected chi connectivity index (χ2v) is 9.04. The summed E-state index contributed by atoms with van der Waals surface area (Å²) in [6.45, 7) is 0. The van der Waals surface area contributed by atoms with Crippen molar-refractivity contribution in [2.75, 3.05) is 0 Å². The van der Waals surface area contributed by atoms with Gasteiger partial charge in [-0.3, -0.25) is 0 Å². The van der Waals surface area contributed by atoms with E-state index < -0.39 is 5.41 Å². The van der Waals surface area contributed by atoms with E-state index in [4.69, 9.17) is 16.3 Å². The van der Waals surface area contributed by atoms with Crippen LogP contribution in [0.1, 0.15) is 22.3 Å². The highest BCUT2D eigenvalue weighted by atomic mass is 35.5. The first-order valence-corrected chi connectivity index (χ1v) is 11.5. The Morgan fingerprint density at radius 2 is 1.21 bits per heavy atom. The molecule has 7 rings (SSSR count). The zero-order chi connectivity index (χ0) is 22.0. The minimum absolute atomic E-state index is 0.476. The fourth-order valence-corrected chi connectivity index (χ4v) is 5.92. The van der Waals surface area contributed by atoms with Gasteiger partial charge < -0.3 is 4.74 Å². The highest BCUT2D eigenvalue weighted by Gasteiger charge is 2.51. The maximum atomic E-state index is 6.70. The molecular weight excluding hydrogens is 424 g/mol. The predicted molar refractivity (Wildman–Crippen MR) is 134 cm³/mol. The lowest BCUT2D eigenvalue weighted by atomic mass is 9.66. The van der Waals surface area contributed by atoms with E-state index in [1.54, 1.807) is 0 Å². The molecule has 1 nitrogen and oxygen atoms in total. The van der Waals surface area contributed by atoms with Gasteiger partial charge in [-0.15, -0.1) is 0 Å². The Bertz CT molecular complexity index is 1550. The summed E-state index contributed by atoms with van der Waals surface area (Å²) in [6, 6.07) is 40.6. The van der Waals surface area contributed by atoms with Crippen molar-refractivity contribution in [1.82, 2.24) is 0 Å². The van der Waals surface area contributed by atoms with Crippen molar-refractivity contribution in [2.45, 2.75) is 5.41 Å². The number of halogens is 1. The van der Waals surface area contributed by atoms with Crippen LogP contribution in [0.15, 0.2) is 115 Å². The molecule has 0 N–H and O–H groups in total. The first-order chi connectivity index (χ1) is 16.3. The number of hydrogen-bond acceptors (Lipinski definition) is 1. The number of ether oxygens (including phenoxy) is 1. The van der Waals surface area contributed by atoms with Crippen molar-refractivity contribution in [1.29, 1.82) is 0 Å². The third kappa shape index (κ3) is 2.43. The van der Waals surface area contributed by atoms with E-state index in [0.29, 0.717) is 5.02 Å². The van der Waals surface area contributed by atoms with Crippen molar-refractivity contribution in [3.63, 3.8) is 0 Å². The van der Waals surface area contributed by atoms with Gasteiger partial charge >= 0.3 is 0 Å². The van der Waals surface area contributed by atoms with Crippen LogP contribution in [-0.2, 0) is 5.41 Å². The smallest absolute Gasteiger partial charge is 0.150 e. The van der Waals surface area contributed by atoms with E-state index in [-0.39, 0.29) is 0 Å². The Hall–Kier alpha value is -3.81. The lowest BCUT2D eigenvalue weighted by molar-refractivity contribution is 0.436. The predicted octanol–water partition coefficient (Wildman–Crippen LogP) is 8.48. The molecule has 156 valence electrons. The number of rotatable bonds is 1. The molecule has 1 spiro atoms. The van der Waals surface area contributed by atoms with Crippen molar-refractivity contribution < 1.29 is 4.74 Å². The van der Waals surface area contributed by atoms with Crippen LogP contribution in [0.5, 0.6) is 11.5 Å². The Morgan fingerprint density at radius 1 is 0.515 bits per heavy atom. The minimum atomic E-state index is -0.476. The van der Waals surface area contributed by atoms with E-state index in [1.165, 1.54) is 33.4 Å². The molecule has 0 amide bonds. The molecule has 1 unspecified atom stereocenters. The largest absolute Gasteiger partial charge is 0.455 e. The van der Waals surface area contributed by atoms with Crippen LogP contribution in [0.4, 0.5) is 0 Å². The van der Waals surface area contributed by atoms with Gasteiger partial charge in [-0.25, -0.2) is 0 Å². The average Bonchev–Trinajstić information content (AvgIpc) is 3.16. The lowest BCUT2D eigenvalue weighted by Crippen LogP contribution is -2.32. The molecule has 0 saturated carbocycles. The zero-order valence-electron chi connectivity index (χ0n) is 17.8. The van der Waals surface area contributed by atoms with Gasteiger partial charge in [0.1, 0.15) is 5.75 Å². The SMILES string of the molecule is Clc1cccc2c1Oc1ccccc1C21c2ccccc2-c2cc(-c3ccccc3)ccc21. The van der Waals surface area contributed by atoms with Crippen LogP contribution >= 0.6 is 11.6 Å². The summed E-state index contributed by atoms with van der Waals surface area (Å²) in [4.78, 5) is 0. The number of fused-ring (bicyclic) bond motifs is 9. The Labute approximate surface area is 197 Å². The van der Waals surface area contributed by atoms with Gasteiger partial charge in [0.2, 0.25) is 0 Å². The van der Waals surface area contributed by atoms with Gasteiger partial charge in [0.15, 0.2) is 5.75 Å². The Kier molecular flexibility index (Phi) is 3.88. The van der Waals surface area contributed by atoms with E-state index in [0.717, 1.165) is 22.6 Å². The van der Waals surface area contributed by atoms with Crippen molar-refractivity contribution in [2.24, 2.45) is 0 Å². The molecule has 2 aliphatic rings. The van der Waals surface area contributed by atoms with Gasteiger partial charge in [0.05, 0.1) is 10.4 Å². The molecule has 0 aromatic heterocycles. The van der Waals surface area contributed by atoms with Crippen molar-refractivity contribution in [3.8, 4) is 33.8 Å². The summed E-state index contributed by atoms with van der Waals surface area (Å²) in [6.07, 6.45) is 0. The average molecular weight is 443 g/mol. The summed E-state index contributed by atoms with van der Waals surface area (Å²) < 4.78 is 6.39. The zero-order valence-corrected chi connectivity index (χ0v) is 18.5.